The predicted molar refractivity (Wildman–Crippen MR) is 123 cm³/mol. The Morgan fingerprint density at radius 3 is 2.70 bits per heavy atom. The summed E-state index contributed by atoms with van der Waals surface area (Å²) < 4.78 is 4.39. The van der Waals surface area contributed by atoms with Crippen molar-refractivity contribution in [2.45, 2.75) is 26.7 Å². The van der Waals surface area contributed by atoms with E-state index in [1.807, 2.05) is 19.4 Å². The maximum Gasteiger partial charge on any atom is 0.205 e. The minimum atomic E-state index is 0. The monoisotopic (exact) mass is 501 g/mol. The maximum absolute atomic E-state index is 4.60. The van der Waals surface area contributed by atoms with Crippen molar-refractivity contribution in [1.29, 1.82) is 0 Å². The summed E-state index contributed by atoms with van der Waals surface area (Å²) in [4.78, 5) is 17.8. The topological polar surface area (TPSA) is 69.5 Å². The SMILES string of the molecule is CCc1nsc(N2CCN(C(=NC)NCCc3ccncc3C)CC2)n1.I. The van der Waals surface area contributed by atoms with Crippen molar-refractivity contribution in [3.8, 4) is 0 Å². The highest BCUT2D eigenvalue weighted by atomic mass is 127. The molecule has 0 atom stereocenters. The van der Waals surface area contributed by atoms with Crippen LogP contribution in [0.3, 0.4) is 0 Å². The molecule has 0 aliphatic carbocycles. The Labute approximate surface area is 182 Å². The number of pyridine rings is 1. The van der Waals surface area contributed by atoms with Crippen LogP contribution in [0.1, 0.15) is 23.9 Å². The predicted octanol–water partition coefficient (Wildman–Crippen LogP) is 2.36. The fourth-order valence-corrected chi connectivity index (χ4v) is 3.85. The molecule has 0 saturated carbocycles. The first-order valence-corrected chi connectivity index (χ1v) is 9.91. The van der Waals surface area contributed by atoms with Gasteiger partial charge in [0.15, 0.2) is 5.96 Å². The number of rotatable bonds is 5. The molecule has 7 nitrogen and oxygen atoms in total. The molecule has 1 N–H and O–H groups in total. The molecule has 0 unspecified atom stereocenters. The highest BCUT2D eigenvalue weighted by Crippen LogP contribution is 2.19. The molecule has 27 heavy (non-hydrogen) atoms. The lowest BCUT2D eigenvalue weighted by atomic mass is 10.1. The zero-order valence-corrected chi connectivity index (χ0v) is 19.3. The van der Waals surface area contributed by atoms with Crippen molar-refractivity contribution in [1.82, 2.24) is 24.6 Å². The number of hydrogen-bond donors (Lipinski definition) is 1. The van der Waals surface area contributed by atoms with E-state index < -0.39 is 0 Å². The van der Waals surface area contributed by atoms with Crippen molar-refractivity contribution < 1.29 is 0 Å². The van der Waals surface area contributed by atoms with E-state index in [1.165, 1.54) is 22.7 Å². The second-order valence-corrected chi connectivity index (χ2v) is 7.08. The van der Waals surface area contributed by atoms with Crippen LogP contribution < -0.4 is 10.2 Å². The van der Waals surface area contributed by atoms with Crippen LogP contribution in [0.25, 0.3) is 0 Å². The number of aliphatic imine (C=N–C) groups is 1. The average molecular weight is 501 g/mol. The Morgan fingerprint density at radius 2 is 2.07 bits per heavy atom. The summed E-state index contributed by atoms with van der Waals surface area (Å²) >= 11 is 1.50. The minimum Gasteiger partial charge on any atom is -0.356 e. The second-order valence-electron chi connectivity index (χ2n) is 6.35. The molecule has 1 aliphatic rings. The molecule has 2 aromatic rings. The molecule has 3 heterocycles. The number of nitrogens with one attached hydrogen (secondary N) is 1. The van der Waals surface area contributed by atoms with Gasteiger partial charge in [0.1, 0.15) is 5.82 Å². The molecule has 1 saturated heterocycles. The molecule has 1 aliphatic heterocycles. The fraction of sp³-hybridized carbons (Fsp3) is 0.556. The largest absolute Gasteiger partial charge is 0.356 e. The second kappa shape index (κ2) is 10.7. The summed E-state index contributed by atoms with van der Waals surface area (Å²) in [5, 5.41) is 4.53. The number of halogens is 1. The van der Waals surface area contributed by atoms with E-state index in [9.17, 15) is 0 Å². The molecule has 0 radical (unpaired) electrons. The van der Waals surface area contributed by atoms with Crippen LogP contribution in [0.4, 0.5) is 5.13 Å². The number of piperazine rings is 1. The van der Waals surface area contributed by atoms with E-state index in [0.29, 0.717) is 0 Å². The summed E-state index contributed by atoms with van der Waals surface area (Å²) in [6.07, 6.45) is 5.64. The Balaban J connectivity index is 0.00000261. The van der Waals surface area contributed by atoms with Crippen LogP contribution in [0.15, 0.2) is 23.5 Å². The smallest absolute Gasteiger partial charge is 0.205 e. The van der Waals surface area contributed by atoms with Crippen LogP contribution >= 0.6 is 35.5 Å². The number of guanidine groups is 1. The number of nitrogens with zero attached hydrogens (tertiary/aromatic N) is 6. The number of anilines is 1. The molecule has 0 amide bonds. The van der Waals surface area contributed by atoms with Crippen molar-refractivity contribution in [2.75, 3.05) is 44.7 Å². The zero-order chi connectivity index (χ0) is 18.4. The molecule has 148 valence electrons. The van der Waals surface area contributed by atoms with Gasteiger partial charge in [-0.15, -0.1) is 24.0 Å². The maximum atomic E-state index is 4.60. The van der Waals surface area contributed by atoms with Crippen LogP contribution in [0.2, 0.25) is 0 Å². The summed E-state index contributed by atoms with van der Waals surface area (Å²) in [5.74, 6) is 1.92. The fourth-order valence-electron chi connectivity index (χ4n) is 3.05. The zero-order valence-electron chi connectivity index (χ0n) is 16.2. The van der Waals surface area contributed by atoms with Gasteiger partial charge in [-0.25, -0.2) is 4.98 Å². The van der Waals surface area contributed by atoms with Crippen molar-refractivity contribution in [3.05, 3.63) is 35.4 Å². The van der Waals surface area contributed by atoms with Crippen LogP contribution in [0.5, 0.6) is 0 Å². The van der Waals surface area contributed by atoms with Gasteiger partial charge in [-0.05, 0) is 30.5 Å². The average Bonchev–Trinajstić information content (AvgIpc) is 3.16. The number of aromatic nitrogens is 3. The van der Waals surface area contributed by atoms with E-state index in [1.54, 1.807) is 0 Å². The van der Waals surface area contributed by atoms with Gasteiger partial charge in [0, 0.05) is 70.1 Å². The van der Waals surface area contributed by atoms with E-state index >= 15 is 0 Å². The van der Waals surface area contributed by atoms with Crippen molar-refractivity contribution in [3.63, 3.8) is 0 Å². The number of aryl methyl sites for hydroxylation is 2. The molecular formula is C18H28IN7S. The van der Waals surface area contributed by atoms with E-state index in [4.69, 9.17) is 0 Å². The van der Waals surface area contributed by atoms with Crippen LogP contribution in [-0.2, 0) is 12.8 Å². The summed E-state index contributed by atoms with van der Waals surface area (Å²) in [5.41, 5.74) is 2.57. The van der Waals surface area contributed by atoms with E-state index in [-0.39, 0.29) is 24.0 Å². The van der Waals surface area contributed by atoms with Crippen molar-refractivity contribution >= 4 is 46.6 Å². The van der Waals surface area contributed by atoms with Crippen molar-refractivity contribution in [2.24, 2.45) is 4.99 Å². The lowest BCUT2D eigenvalue weighted by Crippen LogP contribution is -2.52. The van der Waals surface area contributed by atoms with Crippen LogP contribution in [0, 0.1) is 6.92 Å². The first-order valence-electron chi connectivity index (χ1n) is 9.14. The van der Waals surface area contributed by atoms with Crippen LogP contribution in [-0.4, -0.2) is 65.0 Å². The normalized spacial score (nSPS) is 14.9. The third-order valence-corrected chi connectivity index (χ3v) is 5.46. The quantitative estimate of drug-likeness (QED) is 0.386. The molecule has 2 aromatic heterocycles. The summed E-state index contributed by atoms with van der Waals surface area (Å²) in [7, 11) is 1.85. The molecule has 1 fully saturated rings. The Bertz CT molecular complexity index is 741. The van der Waals surface area contributed by atoms with Gasteiger partial charge in [-0.1, -0.05) is 6.92 Å². The molecule has 0 bridgehead atoms. The summed E-state index contributed by atoms with van der Waals surface area (Å²) in [6, 6.07) is 2.09. The highest BCUT2D eigenvalue weighted by Gasteiger charge is 2.21. The first-order chi connectivity index (χ1) is 12.7. The Morgan fingerprint density at radius 1 is 1.30 bits per heavy atom. The van der Waals surface area contributed by atoms with Gasteiger partial charge in [0.25, 0.3) is 0 Å². The van der Waals surface area contributed by atoms with E-state index in [2.05, 4.69) is 54.4 Å². The lowest BCUT2D eigenvalue weighted by molar-refractivity contribution is 0.372. The van der Waals surface area contributed by atoms with Gasteiger partial charge in [-0.3, -0.25) is 9.98 Å². The Kier molecular flexibility index (Phi) is 8.68. The van der Waals surface area contributed by atoms with Gasteiger partial charge in [-0.2, -0.15) is 4.37 Å². The van der Waals surface area contributed by atoms with E-state index in [0.717, 1.165) is 62.5 Å². The number of hydrogen-bond acceptors (Lipinski definition) is 6. The standard InChI is InChI=1S/C18H27N7S.HI/c1-4-16-22-18(26-23-16)25-11-9-24(10-12-25)17(19-3)21-8-6-15-5-7-20-13-14(15)2;/h5,7,13H,4,6,8-12H2,1-3H3,(H,19,21);1H. The van der Waals surface area contributed by atoms with Gasteiger partial charge in [0.05, 0.1) is 0 Å². The third kappa shape index (κ3) is 5.74. The molecular weight excluding hydrogens is 473 g/mol. The third-order valence-electron chi connectivity index (χ3n) is 4.65. The minimum absolute atomic E-state index is 0. The highest BCUT2D eigenvalue weighted by molar-refractivity contribution is 14.0. The van der Waals surface area contributed by atoms with Gasteiger partial charge in [0.2, 0.25) is 5.13 Å². The Hall–Kier alpha value is -1.49. The molecule has 9 heteroatoms. The molecule has 0 aromatic carbocycles. The summed E-state index contributed by atoms with van der Waals surface area (Å²) in [6.45, 7) is 8.84. The van der Waals surface area contributed by atoms with Gasteiger partial charge < -0.3 is 15.1 Å². The van der Waals surface area contributed by atoms with Gasteiger partial charge >= 0.3 is 0 Å². The lowest BCUT2D eigenvalue weighted by Gasteiger charge is -2.36. The first kappa shape index (κ1) is 21.8. The molecule has 3 rings (SSSR count). The molecule has 0 spiro atoms.